The van der Waals surface area contributed by atoms with Gasteiger partial charge in [0.2, 0.25) is 0 Å². The van der Waals surface area contributed by atoms with E-state index in [0.717, 1.165) is 17.8 Å². The van der Waals surface area contributed by atoms with Crippen LogP contribution in [0.1, 0.15) is 30.5 Å². The normalized spacial score (nSPS) is 20.2. The van der Waals surface area contributed by atoms with E-state index in [4.69, 9.17) is 0 Å². The topological polar surface area (TPSA) is 56.8 Å². The van der Waals surface area contributed by atoms with Gasteiger partial charge in [-0.3, -0.25) is 14.7 Å². The summed E-state index contributed by atoms with van der Waals surface area (Å²) in [5.41, 5.74) is 2.02. The monoisotopic (exact) mass is 291 g/mol. The molecule has 1 aliphatic heterocycles. The van der Waals surface area contributed by atoms with E-state index in [2.05, 4.69) is 22.4 Å². The number of nitrogens with one attached hydrogen (secondary N) is 1. The Balaban J connectivity index is 1.83. The number of aryl methyl sites for hydroxylation is 1. The summed E-state index contributed by atoms with van der Waals surface area (Å²) >= 11 is 0. The Hall–Kier alpha value is -2.46. The Morgan fingerprint density at radius 2 is 1.82 bits per heavy atom. The molecular weight excluding hydrogens is 274 g/mol. The molecular formula is C18H17N3O. The molecule has 1 aliphatic rings. The van der Waals surface area contributed by atoms with Crippen molar-refractivity contribution in [3.8, 4) is 0 Å². The van der Waals surface area contributed by atoms with Crippen LogP contribution in [0.15, 0.2) is 59.4 Å². The average molecular weight is 291 g/mol. The summed E-state index contributed by atoms with van der Waals surface area (Å²) in [5, 5.41) is 4.09. The van der Waals surface area contributed by atoms with E-state index in [1.165, 1.54) is 5.56 Å². The highest BCUT2D eigenvalue weighted by Gasteiger charge is 2.41. The molecule has 2 heterocycles. The van der Waals surface area contributed by atoms with Crippen LogP contribution in [0, 0.1) is 0 Å². The maximum atomic E-state index is 12.8. The van der Waals surface area contributed by atoms with Crippen molar-refractivity contribution in [2.75, 3.05) is 0 Å². The van der Waals surface area contributed by atoms with Crippen LogP contribution in [0.5, 0.6) is 0 Å². The minimum atomic E-state index is 0.00181. The summed E-state index contributed by atoms with van der Waals surface area (Å²) in [6.07, 6.45) is 0.738. The molecule has 0 bridgehead atoms. The second-order valence-electron chi connectivity index (χ2n) is 5.57. The van der Waals surface area contributed by atoms with E-state index in [-0.39, 0.29) is 17.8 Å². The van der Waals surface area contributed by atoms with Crippen molar-refractivity contribution in [2.24, 2.45) is 0 Å². The average Bonchev–Trinajstić information content (AvgIpc) is 3.36. The molecule has 0 aliphatic carbocycles. The minimum Gasteiger partial charge on any atom is -0.285 e. The second-order valence-corrected chi connectivity index (χ2v) is 5.57. The van der Waals surface area contributed by atoms with Gasteiger partial charge in [-0.1, -0.05) is 49.4 Å². The van der Waals surface area contributed by atoms with Gasteiger partial charge in [0.15, 0.2) is 0 Å². The first-order valence-corrected chi connectivity index (χ1v) is 7.60. The summed E-state index contributed by atoms with van der Waals surface area (Å²) in [4.78, 5) is 17.5. The van der Waals surface area contributed by atoms with Gasteiger partial charge in [-0.15, -0.1) is 0 Å². The first kappa shape index (κ1) is 13.2. The van der Waals surface area contributed by atoms with Gasteiger partial charge in [0.1, 0.15) is 12.0 Å². The Labute approximate surface area is 128 Å². The summed E-state index contributed by atoms with van der Waals surface area (Å²) < 4.78 is 1.82. The molecule has 1 aromatic heterocycles. The van der Waals surface area contributed by atoms with Crippen molar-refractivity contribution in [1.29, 1.82) is 0 Å². The maximum Gasteiger partial charge on any atom is 0.262 e. The molecule has 1 saturated heterocycles. The number of aromatic nitrogens is 2. The zero-order valence-corrected chi connectivity index (χ0v) is 12.4. The van der Waals surface area contributed by atoms with Crippen LogP contribution in [0.3, 0.4) is 0 Å². The van der Waals surface area contributed by atoms with Gasteiger partial charge in [-0.05, 0) is 17.7 Å². The molecule has 1 N–H and O–H groups in total. The van der Waals surface area contributed by atoms with E-state index >= 15 is 0 Å². The molecule has 4 heteroatoms. The quantitative estimate of drug-likeness (QED) is 0.755. The SMILES string of the molecule is CCc1nc2ccccc2c(=O)n1[C@@H]1N[C@H]1c1ccccc1. The lowest BCUT2D eigenvalue weighted by Gasteiger charge is -2.11. The predicted octanol–water partition coefficient (Wildman–Crippen LogP) is 2.80. The number of nitrogens with zero attached hydrogens (tertiary/aromatic N) is 2. The summed E-state index contributed by atoms with van der Waals surface area (Å²) in [6.45, 7) is 2.03. The molecule has 2 atom stereocenters. The lowest BCUT2D eigenvalue weighted by atomic mass is 10.1. The van der Waals surface area contributed by atoms with Gasteiger partial charge in [-0.2, -0.15) is 0 Å². The summed E-state index contributed by atoms with van der Waals surface area (Å²) in [7, 11) is 0. The minimum absolute atomic E-state index is 0.00181. The molecule has 0 saturated carbocycles. The smallest absolute Gasteiger partial charge is 0.262 e. The first-order valence-electron chi connectivity index (χ1n) is 7.60. The summed E-state index contributed by atoms with van der Waals surface area (Å²) in [5.74, 6) is 0.833. The van der Waals surface area contributed by atoms with E-state index in [1.54, 1.807) is 0 Å². The van der Waals surface area contributed by atoms with Crippen LogP contribution in [0.4, 0.5) is 0 Å². The van der Waals surface area contributed by atoms with Gasteiger partial charge in [0.05, 0.1) is 16.9 Å². The molecule has 0 radical (unpaired) electrons. The second kappa shape index (κ2) is 5.07. The fourth-order valence-electron chi connectivity index (χ4n) is 3.02. The molecule has 0 amide bonds. The predicted molar refractivity (Wildman–Crippen MR) is 86.7 cm³/mol. The molecule has 110 valence electrons. The molecule has 3 aromatic rings. The van der Waals surface area contributed by atoms with Crippen LogP contribution in [0.25, 0.3) is 10.9 Å². The van der Waals surface area contributed by atoms with Gasteiger partial charge in [0.25, 0.3) is 5.56 Å². The highest BCUT2D eigenvalue weighted by molar-refractivity contribution is 5.77. The molecule has 0 unspecified atom stereocenters. The van der Waals surface area contributed by atoms with Crippen LogP contribution in [0.2, 0.25) is 0 Å². The number of benzene rings is 2. The standard InChI is InChI=1S/C18H17N3O/c1-2-15-19-14-11-7-6-10-13(14)18(22)21(15)17-16(20-17)12-8-4-3-5-9-12/h3-11,16-17,20H,2H2,1H3/t16-,17-/m0/s1. The van der Waals surface area contributed by atoms with Crippen LogP contribution < -0.4 is 10.9 Å². The van der Waals surface area contributed by atoms with Crippen molar-refractivity contribution in [1.82, 2.24) is 14.9 Å². The zero-order valence-electron chi connectivity index (χ0n) is 12.4. The number of hydrogen-bond acceptors (Lipinski definition) is 3. The molecule has 4 nitrogen and oxygen atoms in total. The molecule has 2 aromatic carbocycles. The lowest BCUT2D eigenvalue weighted by molar-refractivity contribution is 0.622. The van der Waals surface area contributed by atoms with E-state index < -0.39 is 0 Å². The molecule has 0 spiro atoms. The zero-order chi connectivity index (χ0) is 15.1. The number of para-hydroxylation sites is 1. The third-order valence-electron chi connectivity index (χ3n) is 4.19. The highest BCUT2D eigenvalue weighted by Crippen LogP contribution is 2.38. The fraction of sp³-hybridized carbons (Fsp3) is 0.222. The number of fused-ring (bicyclic) bond motifs is 1. The van der Waals surface area contributed by atoms with Crippen LogP contribution in [-0.2, 0) is 6.42 Å². The Kier molecular flexibility index (Phi) is 3.05. The Morgan fingerprint density at radius 3 is 2.59 bits per heavy atom. The Bertz CT molecular complexity index is 886. The third kappa shape index (κ3) is 2.04. The van der Waals surface area contributed by atoms with Crippen molar-refractivity contribution in [3.05, 3.63) is 76.3 Å². The largest absolute Gasteiger partial charge is 0.285 e. The van der Waals surface area contributed by atoms with Gasteiger partial charge < -0.3 is 0 Å². The van der Waals surface area contributed by atoms with E-state index in [9.17, 15) is 4.79 Å². The van der Waals surface area contributed by atoms with Crippen molar-refractivity contribution < 1.29 is 0 Å². The lowest BCUT2D eigenvalue weighted by Crippen LogP contribution is -2.25. The summed E-state index contributed by atoms with van der Waals surface area (Å²) in [6, 6.07) is 18.0. The molecule has 1 fully saturated rings. The van der Waals surface area contributed by atoms with Crippen molar-refractivity contribution >= 4 is 10.9 Å². The van der Waals surface area contributed by atoms with Gasteiger partial charge in [0, 0.05) is 6.42 Å². The maximum absolute atomic E-state index is 12.8. The number of rotatable bonds is 3. The fourth-order valence-corrected chi connectivity index (χ4v) is 3.02. The number of hydrogen-bond donors (Lipinski definition) is 1. The van der Waals surface area contributed by atoms with Gasteiger partial charge >= 0.3 is 0 Å². The Morgan fingerprint density at radius 1 is 1.09 bits per heavy atom. The highest BCUT2D eigenvalue weighted by atomic mass is 16.1. The molecule has 22 heavy (non-hydrogen) atoms. The van der Waals surface area contributed by atoms with E-state index in [0.29, 0.717) is 5.39 Å². The van der Waals surface area contributed by atoms with Crippen molar-refractivity contribution in [3.63, 3.8) is 0 Å². The van der Waals surface area contributed by atoms with Crippen molar-refractivity contribution in [2.45, 2.75) is 25.6 Å². The first-order chi connectivity index (χ1) is 10.8. The van der Waals surface area contributed by atoms with E-state index in [1.807, 2.05) is 54.0 Å². The van der Waals surface area contributed by atoms with Crippen LogP contribution >= 0.6 is 0 Å². The molecule has 4 rings (SSSR count). The van der Waals surface area contributed by atoms with Crippen LogP contribution in [-0.4, -0.2) is 9.55 Å². The van der Waals surface area contributed by atoms with Gasteiger partial charge in [-0.25, -0.2) is 4.98 Å². The third-order valence-corrected chi connectivity index (χ3v) is 4.19.